The number of phenolic OH excluding ortho intramolecular Hbond substituents is 1. The summed E-state index contributed by atoms with van der Waals surface area (Å²) in [5.41, 5.74) is 6.48. The highest BCUT2D eigenvalue weighted by molar-refractivity contribution is 6.16. The zero-order valence-electron chi connectivity index (χ0n) is 17.8. The number of rotatable bonds is 3. The van der Waals surface area contributed by atoms with Gasteiger partial charge in [-0.25, -0.2) is 4.79 Å². The highest BCUT2D eigenvalue weighted by atomic mass is 16.5. The van der Waals surface area contributed by atoms with E-state index in [0.717, 1.165) is 17.6 Å². The lowest BCUT2D eigenvalue weighted by molar-refractivity contribution is -0.135. The number of fused-ring (bicyclic) bond motifs is 3. The van der Waals surface area contributed by atoms with Crippen molar-refractivity contribution in [3.8, 4) is 17.2 Å². The summed E-state index contributed by atoms with van der Waals surface area (Å²) in [5.74, 6) is 0.210. The maximum absolute atomic E-state index is 12.6. The molecule has 5 heteroatoms. The molecule has 2 aliphatic carbocycles. The van der Waals surface area contributed by atoms with Crippen molar-refractivity contribution in [2.24, 2.45) is 5.92 Å². The second-order valence-electron chi connectivity index (χ2n) is 8.47. The first-order valence-electron chi connectivity index (χ1n) is 10.7. The molecule has 5 nitrogen and oxygen atoms in total. The molecule has 1 saturated heterocycles. The Balaban J connectivity index is 1.65. The molecule has 1 aliphatic heterocycles. The molecule has 0 unspecified atom stereocenters. The van der Waals surface area contributed by atoms with Gasteiger partial charge in [0.1, 0.15) is 0 Å². The van der Waals surface area contributed by atoms with E-state index in [1.54, 1.807) is 0 Å². The largest absolute Gasteiger partial charge is 0.502 e. The Labute approximate surface area is 185 Å². The van der Waals surface area contributed by atoms with Gasteiger partial charge in [-0.3, -0.25) is 0 Å². The third kappa shape index (κ3) is 2.54. The fraction of sp³-hybridized carbons (Fsp3) is 0.222. The third-order valence-electron chi connectivity index (χ3n) is 6.91. The minimum Gasteiger partial charge on any atom is -0.502 e. The van der Waals surface area contributed by atoms with E-state index in [4.69, 9.17) is 14.2 Å². The number of aromatic hydroxyl groups is 1. The summed E-state index contributed by atoms with van der Waals surface area (Å²) in [7, 11) is 3.04. The molecule has 1 heterocycles. The molecule has 1 N–H and O–H groups in total. The number of carbonyl (C=O) groups excluding carboxylic acids is 1. The van der Waals surface area contributed by atoms with Crippen LogP contribution in [0.5, 0.6) is 17.2 Å². The van der Waals surface area contributed by atoms with Crippen LogP contribution in [0.1, 0.15) is 29.0 Å². The Morgan fingerprint density at radius 3 is 2.38 bits per heavy atom. The van der Waals surface area contributed by atoms with Crippen LogP contribution in [-0.4, -0.2) is 31.9 Å². The van der Waals surface area contributed by atoms with Crippen LogP contribution in [0, 0.1) is 5.92 Å². The van der Waals surface area contributed by atoms with E-state index in [1.165, 1.54) is 47.3 Å². The molecule has 2 atom stereocenters. The van der Waals surface area contributed by atoms with E-state index in [9.17, 15) is 9.90 Å². The second-order valence-corrected chi connectivity index (χ2v) is 8.47. The lowest BCUT2D eigenvalue weighted by atomic mass is 9.85. The molecule has 0 saturated carbocycles. The molecule has 3 aromatic rings. The lowest BCUT2D eigenvalue weighted by Gasteiger charge is -2.20. The highest BCUT2D eigenvalue weighted by Crippen LogP contribution is 2.55. The van der Waals surface area contributed by atoms with Crippen LogP contribution in [-0.2, 0) is 9.53 Å². The van der Waals surface area contributed by atoms with Crippen molar-refractivity contribution >= 4 is 27.9 Å². The first-order valence-corrected chi connectivity index (χ1v) is 10.7. The molecule has 0 radical (unpaired) electrons. The van der Waals surface area contributed by atoms with Gasteiger partial charge in [0, 0.05) is 17.4 Å². The Hall–Kier alpha value is -3.73. The number of benzene rings is 3. The van der Waals surface area contributed by atoms with E-state index in [0.29, 0.717) is 18.1 Å². The quantitative estimate of drug-likeness (QED) is 0.592. The first kappa shape index (κ1) is 19.0. The van der Waals surface area contributed by atoms with Crippen LogP contribution in [0.15, 0.2) is 60.2 Å². The first-order chi connectivity index (χ1) is 15.6. The predicted molar refractivity (Wildman–Crippen MR) is 122 cm³/mol. The molecule has 6 rings (SSSR count). The summed E-state index contributed by atoms with van der Waals surface area (Å²) >= 11 is 0. The van der Waals surface area contributed by atoms with Crippen LogP contribution in [0.3, 0.4) is 0 Å². The molecular formula is C27H22O5. The molecule has 3 aromatic carbocycles. The van der Waals surface area contributed by atoms with Gasteiger partial charge >= 0.3 is 5.97 Å². The van der Waals surface area contributed by atoms with Gasteiger partial charge in [0.05, 0.1) is 20.8 Å². The number of ether oxygens (including phenoxy) is 3. The second kappa shape index (κ2) is 6.89. The van der Waals surface area contributed by atoms with Gasteiger partial charge in [-0.05, 0) is 57.2 Å². The van der Waals surface area contributed by atoms with Gasteiger partial charge in [-0.2, -0.15) is 0 Å². The molecule has 1 fully saturated rings. The van der Waals surface area contributed by atoms with Crippen molar-refractivity contribution in [1.82, 2.24) is 0 Å². The van der Waals surface area contributed by atoms with Crippen molar-refractivity contribution in [1.29, 1.82) is 0 Å². The van der Waals surface area contributed by atoms with Gasteiger partial charge in [0.25, 0.3) is 0 Å². The molecule has 0 bridgehead atoms. The summed E-state index contributed by atoms with van der Waals surface area (Å²) < 4.78 is 16.3. The number of allylic oxidation sites excluding steroid dienone is 3. The lowest BCUT2D eigenvalue weighted by Crippen LogP contribution is -2.05. The maximum atomic E-state index is 12.6. The minimum absolute atomic E-state index is 0.0305. The standard InChI is InChI=1S/C27H22O5/c1-30-22-10-15(11-23(31-2)26(22)28)19-12-20-16(13-32-27(20)29)9-21-17-7-3-5-14-6-4-8-18(24(14)17)25(19)21/h3-8,10-12,16,19,28H,9,13H2,1-2H3/t16-,19+/m0/s1. The van der Waals surface area contributed by atoms with Crippen LogP contribution >= 0.6 is 0 Å². The fourth-order valence-corrected chi connectivity index (χ4v) is 5.45. The van der Waals surface area contributed by atoms with Crippen LogP contribution in [0.4, 0.5) is 0 Å². The summed E-state index contributed by atoms with van der Waals surface area (Å²) in [6.45, 7) is 0.405. The maximum Gasteiger partial charge on any atom is 0.334 e. The average Bonchev–Trinajstić information content (AvgIpc) is 3.25. The summed E-state index contributed by atoms with van der Waals surface area (Å²) in [4.78, 5) is 12.6. The zero-order valence-corrected chi connectivity index (χ0v) is 17.8. The Kier molecular flexibility index (Phi) is 4.09. The molecule has 3 aliphatic rings. The SMILES string of the molecule is COc1cc([C@H]2C=C3C(=O)OC[C@@H]3CC3=C2c2cccc4cccc3c24)cc(OC)c1O. The van der Waals surface area contributed by atoms with Crippen molar-refractivity contribution in [3.05, 3.63) is 76.9 Å². The minimum atomic E-state index is -0.245. The van der Waals surface area contributed by atoms with E-state index >= 15 is 0 Å². The Morgan fingerprint density at radius 2 is 1.69 bits per heavy atom. The van der Waals surface area contributed by atoms with Gasteiger partial charge < -0.3 is 19.3 Å². The third-order valence-corrected chi connectivity index (χ3v) is 6.91. The molecule has 0 aromatic heterocycles. The molecule has 0 spiro atoms. The normalized spacial score (nSPS) is 21.1. The van der Waals surface area contributed by atoms with Crippen LogP contribution in [0.2, 0.25) is 0 Å². The van der Waals surface area contributed by atoms with Gasteiger partial charge in [0.2, 0.25) is 5.75 Å². The topological polar surface area (TPSA) is 65.0 Å². The monoisotopic (exact) mass is 426 g/mol. The predicted octanol–water partition coefficient (Wildman–Crippen LogP) is 5.07. The number of methoxy groups -OCH3 is 2. The summed E-state index contributed by atoms with van der Waals surface area (Å²) in [6.07, 6.45) is 2.79. The Morgan fingerprint density at radius 1 is 1.00 bits per heavy atom. The zero-order chi connectivity index (χ0) is 22.0. The number of cyclic esters (lactones) is 1. The molecular weight excluding hydrogens is 404 g/mol. The van der Waals surface area contributed by atoms with Crippen molar-refractivity contribution < 1.29 is 24.1 Å². The number of carbonyl (C=O) groups is 1. The highest BCUT2D eigenvalue weighted by Gasteiger charge is 2.40. The summed E-state index contributed by atoms with van der Waals surface area (Å²) in [5, 5.41) is 12.9. The van der Waals surface area contributed by atoms with Gasteiger partial charge in [0.15, 0.2) is 11.5 Å². The van der Waals surface area contributed by atoms with E-state index in [-0.39, 0.29) is 23.6 Å². The van der Waals surface area contributed by atoms with Crippen LogP contribution < -0.4 is 9.47 Å². The Bertz CT molecular complexity index is 1330. The smallest absolute Gasteiger partial charge is 0.334 e. The average molecular weight is 426 g/mol. The van der Waals surface area contributed by atoms with Gasteiger partial charge in [-0.1, -0.05) is 42.5 Å². The van der Waals surface area contributed by atoms with E-state index in [2.05, 4.69) is 36.4 Å². The number of hydrogen-bond acceptors (Lipinski definition) is 5. The molecule has 32 heavy (non-hydrogen) atoms. The molecule has 160 valence electrons. The fourth-order valence-electron chi connectivity index (χ4n) is 5.45. The van der Waals surface area contributed by atoms with Crippen molar-refractivity contribution in [2.75, 3.05) is 20.8 Å². The van der Waals surface area contributed by atoms with E-state index < -0.39 is 0 Å². The summed E-state index contributed by atoms with van der Waals surface area (Å²) in [6, 6.07) is 16.4. The molecule has 0 amide bonds. The van der Waals surface area contributed by atoms with E-state index in [1.807, 2.05) is 18.2 Å². The van der Waals surface area contributed by atoms with Crippen LogP contribution in [0.25, 0.3) is 21.9 Å². The number of hydrogen-bond donors (Lipinski definition) is 1. The van der Waals surface area contributed by atoms with Gasteiger partial charge in [-0.15, -0.1) is 0 Å². The number of esters is 1. The number of phenols is 1. The van der Waals surface area contributed by atoms with Crippen molar-refractivity contribution in [3.63, 3.8) is 0 Å². The van der Waals surface area contributed by atoms with Crippen molar-refractivity contribution in [2.45, 2.75) is 12.3 Å².